The zero-order valence-corrected chi connectivity index (χ0v) is 13.4. The molecular weight excluding hydrogens is 208 g/mol. The molecule has 0 aromatic rings. The Balaban J connectivity index is 3.70. The number of hydrogen-bond donors (Lipinski definition) is 0. The van der Waals surface area contributed by atoms with E-state index in [4.69, 9.17) is 4.74 Å². The van der Waals surface area contributed by atoms with E-state index in [9.17, 15) is 0 Å². The quantitative estimate of drug-likeness (QED) is 0.626. The Hall–Kier alpha value is -0.0400. The van der Waals surface area contributed by atoms with Gasteiger partial charge in [0.2, 0.25) is 0 Å². The van der Waals surface area contributed by atoms with Crippen molar-refractivity contribution < 1.29 is 4.74 Å². The summed E-state index contributed by atoms with van der Waals surface area (Å²) in [5.41, 5.74) is 0.833. The molecule has 0 bridgehead atoms. The molecule has 0 aliphatic rings. The molecule has 0 aliphatic carbocycles. The molecule has 104 valence electrons. The summed E-state index contributed by atoms with van der Waals surface area (Å²) in [6.45, 7) is 20.2. The van der Waals surface area contributed by atoms with E-state index in [-0.39, 0.29) is 0 Å². The van der Waals surface area contributed by atoms with Gasteiger partial charge in [-0.25, -0.2) is 0 Å². The Kier molecular flexibility index (Phi) is 6.76. The summed E-state index contributed by atoms with van der Waals surface area (Å²) in [6, 6.07) is 0. The Morgan fingerprint density at radius 2 is 1.00 bits per heavy atom. The van der Waals surface area contributed by atoms with Crippen LogP contribution in [0.25, 0.3) is 0 Å². The summed E-state index contributed by atoms with van der Waals surface area (Å²) in [5.74, 6) is 1.33. The normalized spacial score (nSPS) is 16.9. The second-order valence-corrected chi connectivity index (χ2v) is 8.28. The molecule has 0 spiro atoms. The molecule has 1 nitrogen and oxygen atoms in total. The molecule has 0 amide bonds. The van der Waals surface area contributed by atoms with Crippen LogP contribution in [0.2, 0.25) is 0 Å². The van der Waals surface area contributed by atoms with E-state index in [1.165, 1.54) is 12.8 Å². The van der Waals surface area contributed by atoms with Crippen molar-refractivity contribution in [3.63, 3.8) is 0 Å². The van der Waals surface area contributed by atoms with Gasteiger partial charge >= 0.3 is 0 Å². The van der Waals surface area contributed by atoms with Gasteiger partial charge in [-0.05, 0) is 35.5 Å². The van der Waals surface area contributed by atoms with Crippen LogP contribution in [0, 0.1) is 22.7 Å². The van der Waals surface area contributed by atoms with Gasteiger partial charge in [0.1, 0.15) is 0 Å². The Morgan fingerprint density at radius 1 is 0.706 bits per heavy atom. The highest BCUT2D eigenvalue weighted by Crippen LogP contribution is 2.26. The van der Waals surface area contributed by atoms with Crippen LogP contribution in [0.4, 0.5) is 0 Å². The Bertz CT molecular complexity index is 173. The average molecular weight is 242 g/mol. The Morgan fingerprint density at radius 3 is 1.24 bits per heavy atom. The third kappa shape index (κ3) is 12.2. The molecule has 1 heteroatoms. The average Bonchev–Trinajstić information content (AvgIpc) is 1.95. The second kappa shape index (κ2) is 6.78. The van der Waals surface area contributed by atoms with Crippen molar-refractivity contribution in [2.45, 2.75) is 68.2 Å². The van der Waals surface area contributed by atoms with E-state index < -0.39 is 0 Å². The molecule has 0 aromatic carbocycles. The van der Waals surface area contributed by atoms with E-state index >= 15 is 0 Å². The highest BCUT2D eigenvalue weighted by atomic mass is 16.5. The standard InChI is InChI=1S/C16H34O/c1-13(9-15(3,4)5)11-17-12-14(2)10-16(6,7)8/h13-14H,9-12H2,1-8H3. The summed E-state index contributed by atoms with van der Waals surface area (Å²) >= 11 is 0. The minimum absolute atomic E-state index is 0.416. The van der Waals surface area contributed by atoms with Crippen LogP contribution in [0.1, 0.15) is 68.2 Å². The van der Waals surface area contributed by atoms with Crippen LogP contribution >= 0.6 is 0 Å². The summed E-state index contributed by atoms with van der Waals surface area (Å²) < 4.78 is 5.85. The lowest BCUT2D eigenvalue weighted by Gasteiger charge is -2.25. The zero-order valence-electron chi connectivity index (χ0n) is 13.4. The maximum atomic E-state index is 5.85. The van der Waals surface area contributed by atoms with Crippen molar-refractivity contribution in [2.75, 3.05) is 13.2 Å². The Labute approximate surface area is 109 Å². The van der Waals surface area contributed by atoms with Gasteiger partial charge in [0.25, 0.3) is 0 Å². The summed E-state index contributed by atoms with van der Waals surface area (Å²) in [7, 11) is 0. The molecule has 0 aliphatic heterocycles. The topological polar surface area (TPSA) is 9.23 Å². The lowest BCUT2D eigenvalue weighted by atomic mass is 9.85. The first-order valence-electron chi connectivity index (χ1n) is 7.07. The highest BCUT2D eigenvalue weighted by molar-refractivity contribution is 4.68. The van der Waals surface area contributed by atoms with Crippen molar-refractivity contribution in [1.29, 1.82) is 0 Å². The van der Waals surface area contributed by atoms with Gasteiger partial charge in [0.05, 0.1) is 0 Å². The van der Waals surface area contributed by atoms with Gasteiger partial charge < -0.3 is 4.74 Å². The smallest absolute Gasteiger partial charge is 0.0491 e. The van der Waals surface area contributed by atoms with Gasteiger partial charge in [0.15, 0.2) is 0 Å². The van der Waals surface area contributed by atoms with Crippen LogP contribution in [-0.4, -0.2) is 13.2 Å². The van der Waals surface area contributed by atoms with E-state index in [1.54, 1.807) is 0 Å². The van der Waals surface area contributed by atoms with Crippen LogP contribution in [0.3, 0.4) is 0 Å². The minimum atomic E-state index is 0.416. The molecular formula is C16H34O. The number of hydrogen-bond acceptors (Lipinski definition) is 1. The minimum Gasteiger partial charge on any atom is -0.381 e. The van der Waals surface area contributed by atoms with Gasteiger partial charge in [-0.15, -0.1) is 0 Å². The fourth-order valence-corrected chi connectivity index (χ4v) is 2.68. The van der Waals surface area contributed by atoms with Gasteiger partial charge in [-0.2, -0.15) is 0 Å². The predicted octanol–water partition coefficient (Wildman–Crippen LogP) is 5.15. The van der Waals surface area contributed by atoms with Crippen molar-refractivity contribution >= 4 is 0 Å². The van der Waals surface area contributed by atoms with Crippen molar-refractivity contribution in [3.05, 3.63) is 0 Å². The summed E-state index contributed by atoms with van der Waals surface area (Å²) in [6.07, 6.45) is 2.47. The third-order valence-corrected chi connectivity index (χ3v) is 2.73. The third-order valence-electron chi connectivity index (χ3n) is 2.73. The first-order valence-corrected chi connectivity index (χ1v) is 7.07. The van der Waals surface area contributed by atoms with Gasteiger partial charge in [0, 0.05) is 13.2 Å². The maximum absolute atomic E-state index is 5.85. The molecule has 0 rings (SSSR count). The fraction of sp³-hybridized carbons (Fsp3) is 1.00. The van der Waals surface area contributed by atoms with E-state index in [0.717, 1.165) is 13.2 Å². The molecule has 0 saturated carbocycles. The van der Waals surface area contributed by atoms with Crippen LogP contribution in [0.15, 0.2) is 0 Å². The molecule has 0 radical (unpaired) electrons. The SMILES string of the molecule is CC(COCC(C)CC(C)(C)C)CC(C)(C)C. The lowest BCUT2D eigenvalue weighted by Crippen LogP contribution is -2.19. The van der Waals surface area contributed by atoms with Gasteiger partial charge in [-0.1, -0.05) is 55.4 Å². The molecule has 0 aromatic heterocycles. The molecule has 17 heavy (non-hydrogen) atoms. The van der Waals surface area contributed by atoms with Crippen LogP contribution < -0.4 is 0 Å². The largest absolute Gasteiger partial charge is 0.381 e. The zero-order chi connectivity index (χ0) is 13.7. The van der Waals surface area contributed by atoms with Crippen molar-refractivity contribution in [1.82, 2.24) is 0 Å². The molecule has 2 unspecified atom stereocenters. The fourth-order valence-electron chi connectivity index (χ4n) is 2.68. The maximum Gasteiger partial charge on any atom is 0.0491 e. The highest BCUT2D eigenvalue weighted by Gasteiger charge is 2.17. The second-order valence-electron chi connectivity index (χ2n) is 8.28. The summed E-state index contributed by atoms with van der Waals surface area (Å²) in [4.78, 5) is 0. The van der Waals surface area contributed by atoms with E-state index in [0.29, 0.717) is 22.7 Å². The van der Waals surface area contributed by atoms with E-state index in [2.05, 4.69) is 55.4 Å². The summed E-state index contributed by atoms with van der Waals surface area (Å²) in [5, 5.41) is 0. The molecule has 0 heterocycles. The number of ether oxygens (including phenoxy) is 1. The first-order chi connectivity index (χ1) is 7.49. The number of rotatable bonds is 6. The lowest BCUT2D eigenvalue weighted by molar-refractivity contribution is 0.0579. The van der Waals surface area contributed by atoms with Crippen molar-refractivity contribution in [3.8, 4) is 0 Å². The van der Waals surface area contributed by atoms with Crippen LogP contribution in [-0.2, 0) is 4.74 Å². The molecule has 0 N–H and O–H groups in total. The molecule has 0 saturated heterocycles. The molecule has 2 atom stereocenters. The van der Waals surface area contributed by atoms with Gasteiger partial charge in [-0.3, -0.25) is 0 Å². The van der Waals surface area contributed by atoms with Crippen molar-refractivity contribution in [2.24, 2.45) is 22.7 Å². The first kappa shape index (κ1) is 17.0. The molecule has 0 fully saturated rings. The monoisotopic (exact) mass is 242 g/mol. The predicted molar refractivity (Wildman–Crippen MR) is 77.3 cm³/mol. The van der Waals surface area contributed by atoms with Crippen LogP contribution in [0.5, 0.6) is 0 Å². The van der Waals surface area contributed by atoms with E-state index in [1.807, 2.05) is 0 Å².